The van der Waals surface area contributed by atoms with E-state index in [0.717, 1.165) is 5.56 Å². The molecule has 24 heavy (non-hydrogen) atoms. The molecule has 2 rings (SSSR count). The van der Waals surface area contributed by atoms with Gasteiger partial charge in [-0.25, -0.2) is 0 Å². The zero-order valence-electron chi connectivity index (χ0n) is 13.7. The van der Waals surface area contributed by atoms with Crippen molar-refractivity contribution in [1.82, 2.24) is 10.6 Å². The molecule has 1 amide bonds. The van der Waals surface area contributed by atoms with E-state index in [1.54, 1.807) is 30.0 Å². The average Bonchev–Trinajstić information content (AvgIpc) is 2.61. The van der Waals surface area contributed by atoms with Crippen molar-refractivity contribution in [2.75, 3.05) is 12.9 Å². The minimum absolute atomic E-state index is 0.258. The van der Waals surface area contributed by atoms with Gasteiger partial charge >= 0.3 is 0 Å². The van der Waals surface area contributed by atoms with Crippen molar-refractivity contribution in [2.45, 2.75) is 18.4 Å². The van der Waals surface area contributed by atoms with E-state index < -0.39 is 0 Å². The van der Waals surface area contributed by atoms with E-state index in [1.807, 2.05) is 31.4 Å². The molecule has 0 atom stereocenters. The normalized spacial score (nSPS) is 10.1. The van der Waals surface area contributed by atoms with Crippen molar-refractivity contribution in [3.8, 4) is 5.75 Å². The molecule has 126 valence electrons. The summed E-state index contributed by atoms with van der Waals surface area (Å²) in [5, 5.41) is 6.02. The lowest BCUT2D eigenvalue weighted by atomic mass is 10.2. The number of rotatable bonds is 6. The summed E-state index contributed by atoms with van der Waals surface area (Å²) >= 11 is 6.88. The lowest BCUT2D eigenvalue weighted by Gasteiger charge is -2.11. The van der Waals surface area contributed by atoms with E-state index in [9.17, 15) is 4.79 Å². The molecule has 0 saturated carbocycles. The highest BCUT2D eigenvalue weighted by atomic mass is 32.2. The molecular formula is C18H20N2O2S2. The molecule has 4 nitrogen and oxygen atoms in total. The summed E-state index contributed by atoms with van der Waals surface area (Å²) in [5.74, 6) is 0.407. The van der Waals surface area contributed by atoms with Gasteiger partial charge in [-0.2, -0.15) is 0 Å². The second-order valence-corrected chi connectivity index (χ2v) is 6.23. The Morgan fingerprint density at radius 2 is 1.96 bits per heavy atom. The lowest BCUT2D eigenvalue weighted by Crippen LogP contribution is -2.38. The summed E-state index contributed by atoms with van der Waals surface area (Å²) in [6.07, 6.45) is 2.04. The fourth-order valence-corrected chi connectivity index (χ4v) is 2.61. The predicted octanol–water partition coefficient (Wildman–Crippen LogP) is 3.61. The minimum atomic E-state index is -0.258. The number of benzene rings is 2. The van der Waals surface area contributed by atoms with Gasteiger partial charge in [0.2, 0.25) is 0 Å². The van der Waals surface area contributed by atoms with E-state index in [4.69, 9.17) is 17.0 Å². The summed E-state index contributed by atoms with van der Waals surface area (Å²) in [5.41, 5.74) is 1.61. The quantitative estimate of drug-likeness (QED) is 0.609. The maximum Gasteiger partial charge on any atom is 0.257 e. The van der Waals surface area contributed by atoms with Crippen LogP contribution in [0.5, 0.6) is 5.75 Å². The second kappa shape index (κ2) is 9.30. The monoisotopic (exact) mass is 360 g/mol. The van der Waals surface area contributed by atoms with Crippen LogP contribution >= 0.6 is 24.0 Å². The third-order valence-electron chi connectivity index (χ3n) is 3.25. The fraction of sp³-hybridized carbons (Fsp3) is 0.222. The van der Waals surface area contributed by atoms with E-state index >= 15 is 0 Å². The molecule has 6 heteroatoms. The van der Waals surface area contributed by atoms with Crippen LogP contribution in [0.3, 0.4) is 0 Å². The number of amides is 1. The molecular weight excluding hydrogens is 340 g/mol. The van der Waals surface area contributed by atoms with Crippen LogP contribution < -0.4 is 15.4 Å². The van der Waals surface area contributed by atoms with E-state index in [0.29, 0.717) is 29.6 Å². The number of carbonyl (C=O) groups excluding carboxylic acids is 1. The molecule has 0 aliphatic heterocycles. The maximum absolute atomic E-state index is 12.2. The molecule has 0 aliphatic rings. The van der Waals surface area contributed by atoms with Crippen LogP contribution in [-0.4, -0.2) is 23.9 Å². The Labute approximate surface area is 152 Å². The highest BCUT2D eigenvalue weighted by Gasteiger charge is 2.08. The first-order valence-electron chi connectivity index (χ1n) is 7.57. The lowest BCUT2D eigenvalue weighted by molar-refractivity contribution is 0.0976. The van der Waals surface area contributed by atoms with Gasteiger partial charge in [-0.1, -0.05) is 18.2 Å². The molecule has 0 bridgehead atoms. The van der Waals surface area contributed by atoms with Gasteiger partial charge in [0.25, 0.3) is 5.91 Å². The molecule has 2 aromatic carbocycles. The SMILES string of the molecule is CCOc1cccc(C(=O)NC(=S)NCc2ccc(SC)cc2)c1. The van der Waals surface area contributed by atoms with Gasteiger partial charge in [-0.3, -0.25) is 10.1 Å². The van der Waals surface area contributed by atoms with Gasteiger partial charge in [0.1, 0.15) is 5.75 Å². The molecule has 0 aliphatic carbocycles. The first-order chi connectivity index (χ1) is 11.6. The van der Waals surface area contributed by atoms with Gasteiger partial charge in [0.05, 0.1) is 6.61 Å². The van der Waals surface area contributed by atoms with E-state index in [1.165, 1.54) is 4.90 Å². The fourth-order valence-electron chi connectivity index (χ4n) is 2.04. The Kier molecular flexibility index (Phi) is 7.08. The van der Waals surface area contributed by atoms with Crippen molar-refractivity contribution >= 4 is 35.0 Å². The highest BCUT2D eigenvalue weighted by Crippen LogP contribution is 2.15. The number of ether oxygens (including phenoxy) is 1. The summed E-state index contributed by atoms with van der Waals surface area (Å²) in [7, 11) is 0. The summed E-state index contributed by atoms with van der Waals surface area (Å²) < 4.78 is 5.40. The highest BCUT2D eigenvalue weighted by molar-refractivity contribution is 7.98. The third-order valence-corrected chi connectivity index (χ3v) is 4.24. The van der Waals surface area contributed by atoms with E-state index in [-0.39, 0.29) is 5.91 Å². The molecule has 0 aromatic heterocycles. The van der Waals surface area contributed by atoms with E-state index in [2.05, 4.69) is 22.8 Å². The van der Waals surface area contributed by atoms with Crippen molar-refractivity contribution in [2.24, 2.45) is 0 Å². The number of nitrogens with one attached hydrogen (secondary N) is 2. The standard InChI is InChI=1S/C18H20N2O2S2/c1-3-22-15-6-4-5-14(11-15)17(21)20-18(23)19-12-13-7-9-16(24-2)10-8-13/h4-11H,3,12H2,1-2H3,(H2,19,20,21,23). The van der Waals surface area contributed by atoms with Crippen LogP contribution in [0.4, 0.5) is 0 Å². The van der Waals surface area contributed by atoms with Crippen LogP contribution in [0.1, 0.15) is 22.8 Å². The Hall–Kier alpha value is -2.05. The Morgan fingerprint density at radius 3 is 2.62 bits per heavy atom. The maximum atomic E-state index is 12.2. The number of hydrogen-bond acceptors (Lipinski definition) is 4. The number of carbonyl (C=O) groups is 1. The Morgan fingerprint density at radius 1 is 1.21 bits per heavy atom. The van der Waals surface area contributed by atoms with Crippen LogP contribution in [0.15, 0.2) is 53.4 Å². The summed E-state index contributed by atoms with van der Waals surface area (Å²) in [6.45, 7) is 3.02. The number of thioether (sulfide) groups is 1. The van der Waals surface area contributed by atoms with Gasteiger partial charge < -0.3 is 10.1 Å². The molecule has 0 spiro atoms. The largest absolute Gasteiger partial charge is 0.494 e. The molecule has 0 saturated heterocycles. The van der Waals surface area contributed by atoms with Crippen molar-refractivity contribution < 1.29 is 9.53 Å². The topological polar surface area (TPSA) is 50.4 Å². The van der Waals surface area contributed by atoms with Crippen molar-refractivity contribution in [1.29, 1.82) is 0 Å². The van der Waals surface area contributed by atoms with Crippen LogP contribution in [-0.2, 0) is 6.54 Å². The van der Waals surface area contributed by atoms with Gasteiger partial charge in [-0.15, -0.1) is 11.8 Å². The van der Waals surface area contributed by atoms with Crippen molar-refractivity contribution in [3.05, 3.63) is 59.7 Å². The molecule has 0 radical (unpaired) electrons. The summed E-state index contributed by atoms with van der Waals surface area (Å²) in [4.78, 5) is 13.4. The van der Waals surface area contributed by atoms with Gasteiger partial charge in [0, 0.05) is 17.0 Å². The average molecular weight is 361 g/mol. The van der Waals surface area contributed by atoms with Gasteiger partial charge in [-0.05, 0) is 61.3 Å². The molecule has 2 N–H and O–H groups in total. The van der Waals surface area contributed by atoms with Crippen LogP contribution in [0.2, 0.25) is 0 Å². The zero-order chi connectivity index (χ0) is 17.4. The zero-order valence-corrected chi connectivity index (χ0v) is 15.3. The Bertz CT molecular complexity index is 702. The molecule has 0 fully saturated rings. The summed E-state index contributed by atoms with van der Waals surface area (Å²) in [6, 6.07) is 15.2. The van der Waals surface area contributed by atoms with Crippen molar-refractivity contribution in [3.63, 3.8) is 0 Å². The number of thiocarbonyl (C=S) groups is 1. The molecule has 2 aromatic rings. The van der Waals surface area contributed by atoms with Crippen LogP contribution in [0.25, 0.3) is 0 Å². The van der Waals surface area contributed by atoms with Gasteiger partial charge in [0.15, 0.2) is 5.11 Å². The first-order valence-corrected chi connectivity index (χ1v) is 9.20. The van der Waals surface area contributed by atoms with Crippen LogP contribution in [0, 0.1) is 0 Å². The molecule has 0 unspecified atom stereocenters. The Balaban J connectivity index is 1.86. The molecule has 0 heterocycles. The first kappa shape index (κ1) is 18.3. The predicted molar refractivity (Wildman–Crippen MR) is 103 cm³/mol. The minimum Gasteiger partial charge on any atom is -0.494 e. The second-order valence-electron chi connectivity index (χ2n) is 4.95. The number of hydrogen-bond donors (Lipinski definition) is 2. The smallest absolute Gasteiger partial charge is 0.257 e. The third kappa shape index (κ3) is 5.54.